The molecule has 7 atom stereocenters. The smallest absolute Gasteiger partial charge is 0.283 e. The number of sulfonamides is 1. The molecule has 1 N–H and O–H groups in total. The monoisotopic (exact) mass is 627 g/mol. The average Bonchev–Trinajstić information content (AvgIpc) is 3.08. The van der Waals surface area contributed by atoms with Crippen molar-refractivity contribution < 1.29 is 22.3 Å². The van der Waals surface area contributed by atoms with Crippen molar-refractivity contribution in [2.75, 3.05) is 24.6 Å². The molecule has 230 valence electrons. The molecular weight excluding hydrogens is 589 g/mol. The Hall–Kier alpha value is -2.65. The second-order valence-electron chi connectivity index (χ2n) is 13.6. The first-order valence-electron chi connectivity index (χ1n) is 15.6. The second kappa shape index (κ2) is 10.5. The predicted molar refractivity (Wildman–Crippen MR) is 165 cm³/mol. The number of aromatic nitrogens is 1. The maximum atomic E-state index is 15.3. The number of rotatable bonds is 0. The van der Waals surface area contributed by atoms with Crippen LogP contribution in [0.5, 0.6) is 5.75 Å². The number of halogens is 2. The summed E-state index contributed by atoms with van der Waals surface area (Å²) >= 11 is 6.20. The Kier molecular flexibility index (Phi) is 7.08. The molecule has 1 aromatic heterocycles. The summed E-state index contributed by atoms with van der Waals surface area (Å²) in [4.78, 5) is 20.4. The van der Waals surface area contributed by atoms with E-state index >= 15 is 4.39 Å². The van der Waals surface area contributed by atoms with E-state index in [0.29, 0.717) is 54.5 Å². The molecule has 10 heteroatoms. The quantitative estimate of drug-likeness (QED) is 0.358. The molecule has 7 nitrogen and oxygen atoms in total. The number of carbonyl (C=O) groups is 1. The highest BCUT2D eigenvalue weighted by Crippen LogP contribution is 2.50. The molecule has 0 radical (unpaired) electrons. The van der Waals surface area contributed by atoms with Crippen molar-refractivity contribution in [3.8, 4) is 5.75 Å². The summed E-state index contributed by atoms with van der Waals surface area (Å²) in [6.07, 6.45) is 7.70. The Morgan fingerprint density at radius 3 is 2.70 bits per heavy atom. The fourth-order valence-corrected chi connectivity index (χ4v) is 9.77. The lowest BCUT2D eigenvalue weighted by Crippen LogP contribution is -2.49. The number of benzene rings is 1. The van der Waals surface area contributed by atoms with Crippen LogP contribution in [-0.2, 0) is 21.9 Å². The molecule has 1 spiro atoms. The molecule has 1 fully saturated rings. The van der Waals surface area contributed by atoms with Gasteiger partial charge in [-0.1, -0.05) is 43.2 Å². The largest absolute Gasteiger partial charge is 0.489 e. The van der Waals surface area contributed by atoms with Crippen molar-refractivity contribution in [3.05, 3.63) is 63.6 Å². The number of nitrogens with one attached hydrogen (secondary N) is 1. The van der Waals surface area contributed by atoms with Crippen LogP contribution in [0.15, 0.2) is 35.9 Å². The molecule has 1 saturated carbocycles. The van der Waals surface area contributed by atoms with E-state index in [2.05, 4.69) is 22.6 Å². The van der Waals surface area contributed by atoms with E-state index in [-0.39, 0.29) is 28.4 Å². The zero-order valence-electron chi connectivity index (χ0n) is 24.9. The van der Waals surface area contributed by atoms with Gasteiger partial charge in [-0.25, -0.2) is 22.5 Å². The van der Waals surface area contributed by atoms with Gasteiger partial charge in [-0.3, -0.25) is 4.79 Å². The van der Waals surface area contributed by atoms with Gasteiger partial charge in [-0.2, -0.15) is 0 Å². The van der Waals surface area contributed by atoms with Gasteiger partial charge < -0.3 is 9.64 Å². The third kappa shape index (κ3) is 4.76. The Balaban J connectivity index is 1.32. The van der Waals surface area contributed by atoms with Crippen LogP contribution in [-0.4, -0.2) is 44.3 Å². The Morgan fingerprint density at radius 2 is 1.95 bits per heavy atom. The van der Waals surface area contributed by atoms with Crippen molar-refractivity contribution in [3.63, 3.8) is 0 Å². The first-order chi connectivity index (χ1) is 20.5. The van der Waals surface area contributed by atoms with Crippen LogP contribution in [0, 0.1) is 35.4 Å². The van der Waals surface area contributed by atoms with Crippen LogP contribution in [0.1, 0.15) is 74.5 Å². The van der Waals surface area contributed by atoms with Gasteiger partial charge >= 0.3 is 0 Å². The lowest BCUT2D eigenvalue weighted by molar-refractivity contribution is 0.0975. The highest BCUT2D eigenvalue weighted by atomic mass is 35.5. The van der Waals surface area contributed by atoms with Crippen molar-refractivity contribution in [2.45, 2.75) is 70.0 Å². The van der Waals surface area contributed by atoms with Crippen molar-refractivity contribution in [2.24, 2.45) is 29.6 Å². The molecule has 43 heavy (non-hydrogen) atoms. The van der Waals surface area contributed by atoms with E-state index in [1.54, 1.807) is 19.1 Å². The van der Waals surface area contributed by atoms with E-state index in [9.17, 15) is 13.2 Å². The van der Waals surface area contributed by atoms with Gasteiger partial charge in [0.05, 0.1) is 16.9 Å². The molecule has 6 aliphatic rings. The highest BCUT2D eigenvalue weighted by Gasteiger charge is 2.46. The lowest BCUT2D eigenvalue weighted by Gasteiger charge is -2.48. The van der Waals surface area contributed by atoms with Gasteiger partial charge in [0.2, 0.25) is 10.0 Å². The zero-order valence-corrected chi connectivity index (χ0v) is 26.5. The highest BCUT2D eigenvalue weighted by molar-refractivity contribution is 7.90. The Labute approximate surface area is 258 Å². The number of pyridine rings is 1. The number of anilines is 1. The second-order valence-corrected chi connectivity index (χ2v) is 16.1. The van der Waals surface area contributed by atoms with Gasteiger partial charge in [0.15, 0.2) is 11.6 Å². The first-order valence-corrected chi connectivity index (χ1v) is 17.5. The number of amides is 1. The number of allylic oxidation sites excluding steroid dienone is 2. The van der Waals surface area contributed by atoms with Crippen LogP contribution in [0.3, 0.4) is 0 Å². The molecule has 8 rings (SSSR count). The molecular formula is C33H39ClFN3O4S. The molecule has 1 aromatic carbocycles. The summed E-state index contributed by atoms with van der Waals surface area (Å²) < 4.78 is 50.6. The fourth-order valence-electron chi connectivity index (χ4n) is 8.27. The summed E-state index contributed by atoms with van der Waals surface area (Å²) in [7, 11) is -3.93. The maximum Gasteiger partial charge on any atom is 0.283 e. The molecule has 1 unspecified atom stereocenters. The first kappa shape index (κ1) is 29.1. The van der Waals surface area contributed by atoms with Crippen molar-refractivity contribution in [1.29, 1.82) is 0 Å². The molecule has 2 aromatic rings. The number of ether oxygens (including phenoxy) is 1. The Bertz CT molecular complexity index is 1630. The number of fused-ring (bicyclic) bond motifs is 6. The van der Waals surface area contributed by atoms with Crippen LogP contribution in [0.4, 0.5) is 10.2 Å². The summed E-state index contributed by atoms with van der Waals surface area (Å²) in [5.41, 5.74) is 2.55. The average molecular weight is 628 g/mol. The van der Waals surface area contributed by atoms with Gasteiger partial charge in [-0.05, 0) is 104 Å². The van der Waals surface area contributed by atoms with E-state index in [1.807, 2.05) is 13.0 Å². The molecule has 0 saturated heterocycles. The van der Waals surface area contributed by atoms with E-state index in [4.69, 9.17) is 21.3 Å². The summed E-state index contributed by atoms with van der Waals surface area (Å²) in [5, 5.41) is -0.604. The number of hydrogen-bond donors (Lipinski definition) is 1. The SMILES string of the molecule is CC1C2=C[C@@H](C2)[C@H](C)[C@@H](C)S(=O)(=O)NC(=O)c2ccc3c(n2)N(C[C@@H]2CC[C@@H]12)C[C@@]1(CCCc2c1ccc(Cl)c2F)CO3. The van der Waals surface area contributed by atoms with Crippen molar-refractivity contribution >= 4 is 33.3 Å². The van der Waals surface area contributed by atoms with Gasteiger partial charge in [0, 0.05) is 18.5 Å². The zero-order chi connectivity index (χ0) is 30.3. The Morgan fingerprint density at radius 1 is 1.16 bits per heavy atom. The minimum atomic E-state index is -3.93. The summed E-state index contributed by atoms with van der Waals surface area (Å²) in [6.45, 7) is 7.59. The fraction of sp³-hybridized carbons (Fsp3) is 0.576. The molecule has 3 aliphatic heterocycles. The van der Waals surface area contributed by atoms with E-state index in [1.165, 1.54) is 11.6 Å². The number of nitrogens with zero attached hydrogens (tertiary/aromatic N) is 2. The minimum absolute atomic E-state index is 0.0325. The minimum Gasteiger partial charge on any atom is -0.489 e. The van der Waals surface area contributed by atoms with Crippen LogP contribution >= 0.6 is 11.6 Å². The third-order valence-electron chi connectivity index (χ3n) is 11.4. The number of hydrogen-bond acceptors (Lipinski definition) is 6. The van der Waals surface area contributed by atoms with Gasteiger partial charge in [0.1, 0.15) is 11.5 Å². The third-order valence-corrected chi connectivity index (χ3v) is 13.6. The predicted octanol–water partition coefficient (Wildman–Crippen LogP) is 6.05. The van der Waals surface area contributed by atoms with Crippen LogP contribution < -0.4 is 14.4 Å². The molecule has 1 amide bonds. The molecule has 4 bridgehead atoms. The summed E-state index contributed by atoms with van der Waals surface area (Å²) in [5.74, 6) is 1.43. The molecule has 4 heterocycles. The van der Waals surface area contributed by atoms with Crippen LogP contribution in [0.25, 0.3) is 0 Å². The van der Waals surface area contributed by atoms with E-state index < -0.39 is 26.6 Å². The topological polar surface area (TPSA) is 88.6 Å². The van der Waals surface area contributed by atoms with Crippen LogP contribution in [0.2, 0.25) is 5.02 Å². The van der Waals surface area contributed by atoms with Gasteiger partial charge in [0.25, 0.3) is 5.91 Å². The van der Waals surface area contributed by atoms with Gasteiger partial charge in [-0.15, -0.1) is 0 Å². The van der Waals surface area contributed by atoms with Crippen molar-refractivity contribution in [1.82, 2.24) is 9.71 Å². The molecule has 3 aliphatic carbocycles. The van der Waals surface area contributed by atoms with E-state index in [0.717, 1.165) is 44.2 Å². The summed E-state index contributed by atoms with van der Waals surface area (Å²) in [6, 6.07) is 6.84. The number of carbonyl (C=O) groups excluding carboxylic acids is 1. The standard InChI is InChI=1S/C33H39ClFN3O4S/c1-18-20(3)43(40,41)37-32(39)28-10-11-29-31(36-28)38(15-21-6-7-24(21)19(2)23-13-22(18)14-23)16-33(17-42-29)12-4-5-25-26(33)8-9-27(34)30(25)35/h8-11,13,18-22,24H,4-7,12,14-17H2,1-3H3,(H,37,39)/t18-,19?,20-,21+,22+,24+,33+/m1/s1. The normalized spacial score (nSPS) is 34.8. The maximum absolute atomic E-state index is 15.3. The lowest BCUT2D eigenvalue weighted by atomic mass is 9.61.